The molecule has 41 heavy (non-hydrogen) atoms. The van der Waals surface area contributed by atoms with Crippen molar-refractivity contribution in [2.75, 3.05) is 69.1 Å². The quantitative estimate of drug-likeness (QED) is 0.0799. The molecule has 1 atom stereocenters. The fourth-order valence-corrected chi connectivity index (χ4v) is 6.97. The number of carbonyl (C=O) groups excluding carboxylic acids is 2. The minimum atomic E-state index is -5.50. The summed E-state index contributed by atoms with van der Waals surface area (Å²) in [7, 11) is -11.0. The molecule has 1 aromatic rings. The van der Waals surface area contributed by atoms with E-state index in [1.165, 1.54) is 4.90 Å². The van der Waals surface area contributed by atoms with Gasteiger partial charge in [0.2, 0.25) is 0 Å². The van der Waals surface area contributed by atoms with E-state index in [1.807, 2.05) is 34.1 Å². The van der Waals surface area contributed by atoms with Crippen molar-refractivity contribution < 1.29 is 48.1 Å². The van der Waals surface area contributed by atoms with E-state index in [0.29, 0.717) is 37.9 Å². The number of amides is 1. The molecule has 1 aromatic carbocycles. The van der Waals surface area contributed by atoms with Crippen LogP contribution in [0.5, 0.6) is 0 Å². The van der Waals surface area contributed by atoms with Crippen LogP contribution in [0.2, 0.25) is 0 Å². The maximum Gasteiger partial charge on any atom is 0.369 e. The van der Waals surface area contributed by atoms with Gasteiger partial charge in [-0.05, 0) is 37.1 Å². The summed E-state index contributed by atoms with van der Waals surface area (Å²) in [4.78, 5) is 67.1. The number of piperazine rings is 1. The summed E-state index contributed by atoms with van der Waals surface area (Å²) in [6.45, 7) is 2.29. The summed E-state index contributed by atoms with van der Waals surface area (Å²) in [5.74, 6) is -0.211. The lowest BCUT2D eigenvalue weighted by Gasteiger charge is -2.35. The first-order valence-electron chi connectivity index (χ1n) is 12.8. The van der Waals surface area contributed by atoms with Crippen molar-refractivity contribution in [1.82, 2.24) is 9.80 Å². The molecule has 1 heterocycles. The number of nitrogens with zero attached hydrogens (tertiary/aromatic N) is 3. The number of hydrogen-bond donors (Lipinski definition) is 6. The van der Waals surface area contributed by atoms with Gasteiger partial charge in [-0.25, -0.2) is 0 Å². The molecule has 7 N–H and O–H groups in total. The molecule has 0 aliphatic carbocycles. The van der Waals surface area contributed by atoms with Crippen molar-refractivity contribution in [3.63, 3.8) is 0 Å². The normalized spacial score (nSPS) is 16.0. The number of hydrogen-bond acceptors (Lipinski definition) is 9. The molecule has 0 aromatic heterocycles. The number of carbonyl (C=O) groups is 2. The second-order valence-corrected chi connectivity index (χ2v) is 14.4. The first kappa shape index (κ1) is 35.9. The Kier molecular flexibility index (Phi) is 14.0. The molecule has 18 heteroatoms. The molecule has 0 saturated carbocycles. The van der Waals surface area contributed by atoms with E-state index in [2.05, 4.69) is 0 Å². The van der Waals surface area contributed by atoms with Crippen LogP contribution in [-0.2, 0) is 29.9 Å². The highest BCUT2D eigenvalue weighted by Crippen LogP contribution is 2.69. The third-order valence-corrected chi connectivity index (χ3v) is 11.0. The van der Waals surface area contributed by atoms with Crippen LogP contribution in [0, 0.1) is 0 Å². The van der Waals surface area contributed by atoms with Gasteiger partial charge in [-0.1, -0.05) is 12.1 Å². The Balaban J connectivity index is 1.75. The Labute approximate surface area is 248 Å². The monoisotopic (exact) mass is 662 g/mol. The number of alkyl halides is 2. The second kappa shape index (κ2) is 16.0. The second-order valence-electron chi connectivity index (χ2n) is 9.64. The van der Waals surface area contributed by atoms with Gasteiger partial charge >= 0.3 is 21.2 Å². The van der Waals surface area contributed by atoms with Gasteiger partial charge in [-0.2, -0.15) is 0 Å². The molecule has 1 fully saturated rings. The zero-order valence-electron chi connectivity index (χ0n) is 22.4. The average Bonchev–Trinajstić information content (AvgIpc) is 2.91. The molecule has 1 amide bonds. The summed E-state index contributed by atoms with van der Waals surface area (Å²) in [6.07, 6.45) is -0.685. The summed E-state index contributed by atoms with van der Waals surface area (Å²) in [6, 6.07) is 6.52. The van der Waals surface area contributed by atoms with Crippen LogP contribution in [0.25, 0.3) is 0 Å². The fourth-order valence-electron chi connectivity index (χ4n) is 4.31. The van der Waals surface area contributed by atoms with E-state index in [9.17, 15) is 43.4 Å². The van der Waals surface area contributed by atoms with E-state index in [0.717, 1.165) is 11.3 Å². The lowest BCUT2D eigenvalue weighted by molar-refractivity contribution is -0.153. The Morgan fingerprint density at radius 2 is 1.54 bits per heavy atom. The Hall–Kier alpha value is -1.28. The largest absolute Gasteiger partial charge is 0.454 e. The van der Waals surface area contributed by atoms with Crippen LogP contribution in [0.4, 0.5) is 5.69 Å². The van der Waals surface area contributed by atoms with Crippen molar-refractivity contribution in [2.24, 2.45) is 5.73 Å². The summed E-state index contributed by atoms with van der Waals surface area (Å²) >= 11 is 11.7. The minimum Gasteiger partial charge on any atom is -0.454 e. The smallest absolute Gasteiger partial charge is 0.369 e. The molecule has 1 aliphatic rings. The van der Waals surface area contributed by atoms with Crippen molar-refractivity contribution in [1.29, 1.82) is 0 Å². The maximum atomic E-state index is 12.5. The molecule has 0 radical (unpaired) electrons. The fraction of sp³-hybridized carbons (Fsp3) is 0.652. The zero-order chi connectivity index (χ0) is 30.8. The summed E-state index contributed by atoms with van der Waals surface area (Å²) < 4.78 is 28.0. The number of aliphatic hydroxyl groups is 1. The van der Waals surface area contributed by atoms with Crippen LogP contribution < -0.4 is 10.6 Å². The number of benzene rings is 1. The summed E-state index contributed by atoms with van der Waals surface area (Å²) in [5.41, 5.74) is 7.75. The van der Waals surface area contributed by atoms with Gasteiger partial charge in [-0.15, -0.1) is 23.2 Å². The predicted molar refractivity (Wildman–Crippen MR) is 154 cm³/mol. The lowest BCUT2D eigenvalue weighted by atomic mass is 10.1. The van der Waals surface area contributed by atoms with E-state index < -0.39 is 51.2 Å². The third kappa shape index (κ3) is 10.4. The molecule has 0 spiro atoms. The minimum absolute atomic E-state index is 0.0992. The topological polar surface area (TPSA) is 214 Å². The lowest BCUT2D eigenvalue weighted by Crippen LogP contribution is -2.50. The Bertz CT molecular complexity index is 1070. The highest BCUT2D eigenvalue weighted by molar-refractivity contribution is 7.72. The van der Waals surface area contributed by atoms with E-state index in [1.54, 1.807) is 0 Å². The van der Waals surface area contributed by atoms with Gasteiger partial charge in [-0.3, -0.25) is 23.6 Å². The molecular weight excluding hydrogens is 625 g/mol. The number of rotatable bonds is 16. The van der Waals surface area contributed by atoms with Crippen LogP contribution in [0.15, 0.2) is 24.3 Å². The molecule has 0 unspecified atom stereocenters. The first-order valence-corrected chi connectivity index (χ1v) is 17.1. The van der Waals surface area contributed by atoms with E-state index >= 15 is 0 Å². The van der Waals surface area contributed by atoms with Crippen LogP contribution in [0.1, 0.15) is 18.4 Å². The third-order valence-electron chi connectivity index (χ3n) is 6.75. The first-order chi connectivity index (χ1) is 19.1. The van der Waals surface area contributed by atoms with Gasteiger partial charge in [0, 0.05) is 63.1 Å². The van der Waals surface area contributed by atoms with Crippen LogP contribution >= 0.6 is 38.4 Å². The molecule has 1 aliphatic heterocycles. The molecule has 2 rings (SSSR count). The molecule has 0 bridgehead atoms. The predicted octanol–water partition coefficient (Wildman–Crippen LogP) is 0.310. The van der Waals surface area contributed by atoms with Gasteiger partial charge in [0.1, 0.15) is 6.04 Å². The highest BCUT2D eigenvalue weighted by atomic mass is 35.5. The standard InChI is InChI=1S/C23H38Cl2N4O10P2/c24-7-10-28(11-8-25)19-4-2-18(3-5-19)16-20(26)22(31)39-17-21(30)29-14-12-27(13-15-29)9-1-6-23(32,40(33,34)35)41(36,37)38/h2-5,20,32H,1,6-17,26H2,(H2,33,34,35)(H2,36,37,38)/t20-/m0/s1. The van der Waals surface area contributed by atoms with Gasteiger partial charge in [0.15, 0.2) is 6.61 Å². The molecule has 14 nitrogen and oxygen atoms in total. The number of anilines is 1. The van der Waals surface area contributed by atoms with E-state index in [4.69, 9.17) is 33.7 Å². The summed E-state index contributed by atoms with van der Waals surface area (Å²) in [5, 5.41) is 6.52. The van der Waals surface area contributed by atoms with E-state index in [-0.39, 0.29) is 32.5 Å². The number of ether oxygens (including phenoxy) is 1. The van der Waals surface area contributed by atoms with Crippen LogP contribution in [-0.4, -0.2) is 122 Å². The number of halogens is 2. The Morgan fingerprint density at radius 3 is 2.02 bits per heavy atom. The van der Waals surface area contributed by atoms with Gasteiger partial charge in [0.05, 0.1) is 0 Å². The highest BCUT2D eigenvalue weighted by Gasteiger charge is 2.58. The van der Waals surface area contributed by atoms with Gasteiger partial charge in [0.25, 0.3) is 11.0 Å². The SMILES string of the molecule is N[C@@H](Cc1ccc(N(CCCl)CCCl)cc1)C(=O)OCC(=O)N1CCN(CCCC(O)(P(=O)(O)O)P(=O)(O)O)CC1. The van der Waals surface area contributed by atoms with Crippen molar-refractivity contribution >= 4 is 56.0 Å². The van der Waals surface area contributed by atoms with Crippen LogP contribution in [0.3, 0.4) is 0 Å². The number of esters is 1. The molecule has 1 saturated heterocycles. The molecular formula is C23H38Cl2N4O10P2. The average molecular weight is 663 g/mol. The maximum absolute atomic E-state index is 12.5. The van der Waals surface area contributed by atoms with Crippen molar-refractivity contribution in [3.8, 4) is 0 Å². The Morgan fingerprint density at radius 1 is 1.00 bits per heavy atom. The number of nitrogens with two attached hydrogens (primary N) is 1. The van der Waals surface area contributed by atoms with Gasteiger partial charge < -0.3 is 45.0 Å². The van der Waals surface area contributed by atoms with Crippen molar-refractivity contribution in [3.05, 3.63) is 29.8 Å². The zero-order valence-corrected chi connectivity index (χ0v) is 25.7. The molecule has 234 valence electrons. The van der Waals surface area contributed by atoms with Crippen molar-refractivity contribution in [2.45, 2.75) is 30.4 Å².